The van der Waals surface area contributed by atoms with E-state index in [0.29, 0.717) is 17.9 Å². The topological polar surface area (TPSA) is 38.7 Å². The summed E-state index contributed by atoms with van der Waals surface area (Å²) in [6.07, 6.45) is 0.282. The summed E-state index contributed by atoms with van der Waals surface area (Å²) in [5.74, 6) is 2.11. The molecule has 20 heavy (non-hydrogen) atoms. The molecule has 1 N–H and O–H groups in total. The Kier molecular flexibility index (Phi) is 4.64. The maximum Gasteiger partial charge on any atom is 0.169 e. The minimum Gasteiger partial charge on any atom is -0.493 e. The van der Waals surface area contributed by atoms with Crippen LogP contribution in [-0.4, -0.2) is 12.2 Å². The van der Waals surface area contributed by atoms with Crippen LogP contribution >= 0.6 is 0 Å². The highest BCUT2D eigenvalue weighted by Gasteiger charge is 2.07. The van der Waals surface area contributed by atoms with Gasteiger partial charge in [-0.05, 0) is 48.7 Å². The average Bonchev–Trinajstić information content (AvgIpc) is 2.49. The number of rotatable bonds is 5. The van der Waals surface area contributed by atoms with E-state index in [1.165, 1.54) is 0 Å². The second-order valence-electron chi connectivity index (χ2n) is 4.75. The van der Waals surface area contributed by atoms with Crippen molar-refractivity contribution in [2.75, 3.05) is 7.11 Å². The molecule has 0 radical (unpaired) electrons. The van der Waals surface area contributed by atoms with E-state index in [1.54, 1.807) is 7.11 Å². The van der Waals surface area contributed by atoms with Crippen molar-refractivity contribution >= 4 is 0 Å². The Bertz CT molecular complexity index is 561. The van der Waals surface area contributed by atoms with E-state index in [9.17, 15) is 5.11 Å². The van der Waals surface area contributed by atoms with Gasteiger partial charge in [0.2, 0.25) is 0 Å². The lowest BCUT2D eigenvalue weighted by molar-refractivity contribution is 0.173. The molecule has 2 aromatic carbocycles. The van der Waals surface area contributed by atoms with Gasteiger partial charge < -0.3 is 14.6 Å². The number of hydrogen-bond acceptors (Lipinski definition) is 3. The summed E-state index contributed by atoms with van der Waals surface area (Å²) in [5.41, 5.74) is 2.02. The highest BCUT2D eigenvalue weighted by molar-refractivity contribution is 5.45. The third-order valence-electron chi connectivity index (χ3n) is 3.20. The minimum absolute atomic E-state index is 0.419. The first-order valence-electron chi connectivity index (χ1n) is 6.74. The van der Waals surface area contributed by atoms with Crippen molar-refractivity contribution in [3.8, 4) is 17.2 Å². The molecule has 0 fully saturated rings. The third kappa shape index (κ3) is 3.31. The Hall–Kier alpha value is -2.00. The average molecular weight is 272 g/mol. The molecule has 3 heteroatoms. The molecule has 0 aliphatic rings. The smallest absolute Gasteiger partial charge is 0.169 e. The van der Waals surface area contributed by atoms with Crippen molar-refractivity contribution in [2.24, 2.45) is 0 Å². The molecule has 0 heterocycles. The Balaban J connectivity index is 2.18. The number of ether oxygens (including phenoxy) is 2. The molecule has 0 aromatic heterocycles. The summed E-state index contributed by atoms with van der Waals surface area (Å²) < 4.78 is 11.1. The molecule has 0 saturated heterocycles. The van der Waals surface area contributed by atoms with E-state index >= 15 is 0 Å². The maximum absolute atomic E-state index is 9.76. The van der Waals surface area contributed by atoms with Crippen LogP contribution in [0.15, 0.2) is 42.5 Å². The second kappa shape index (κ2) is 6.44. The predicted molar refractivity (Wildman–Crippen MR) is 79.5 cm³/mol. The fourth-order valence-corrected chi connectivity index (χ4v) is 1.98. The van der Waals surface area contributed by atoms with Gasteiger partial charge in [0, 0.05) is 0 Å². The summed E-state index contributed by atoms with van der Waals surface area (Å²) in [5, 5.41) is 9.76. The summed E-state index contributed by atoms with van der Waals surface area (Å²) >= 11 is 0. The van der Waals surface area contributed by atoms with Gasteiger partial charge in [-0.1, -0.05) is 25.1 Å². The van der Waals surface area contributed by atoms with Gasteiger partial charge in [-0.15, -0.1) is 0 Å². The van der Waals surface area contributed by atoms with Crippen molar-refractivity contribution in [2.45, 2.75) is 26.4 Å². The Morgan fingerprint density at radius 3 is 2.35 bits per heavy atom. The van der Waals surface area contributed by atoms with Crippen LogP contribution < -0.4 is 9.47 Å². The van der Waals surface area contributed by atoms with Crippen LogP contribution in [0.3, 0.4) is 0 Å². The van der Waals surface area contributed by atoms with Crippen LogP contribution in [-0.2, 0) is 0 Å². The van der Waals surface area contributed by atoms with Crippen LogP contribution in [0.2, 0.25) is 0 Å². The molecule has 0 aliphatic heterocycles. The number of methoxy groups -OCH3 is 1. The minimum atomic E-state index is -0.419. The molecule has 3 nitrogen and oxygen atoms in total. The summed E-state index contributed by atoms with van der Waals surface area (Å²) in [6.45, 7) is 3.96. The summed E-state index contributed by atoms with van der Waals surface area (Å²) in [6, 6.07) is 13.3. The van der Waals surface area contributed by atoms with E-state index in [1.807, 2.05) is 56.3 Å². The van der Waals surface area contributed by atoms with Crippen molar-refractivity contribution in [1.82, 2.24) is 0 Å². The van der Waals surface area contributed by atoms with Gasteiger partial charge in [0.15, 0.2) is 11.5 Å². The second-order valence-corrected chi connectivity index (χ2v) is 4.75. The van der Waals surface area contributed by atoms with Gasteiger partial charge in [0.1, 0.15) is 5.75 Å². The van der Waals surface area contributed by atoms with Gasteiger partial charge in [-0.25, -0.2) is 0 Å². The maximum atomic E-state index is 9.76. The lowest BCUT2D eigenvalue weighted by Crippen LogP contribution is -1.95. The summed E-state index contributed by atoms with van der Waals surface area (Å²) in [4.78, 5) is 0. The lowest BCUT2D eigenvalue weighted by atomic mass is 10.1. The van der Waals surface area contributed by atoms with Crippen LogP contribution in [0, 0.1) is 6.92 Å². The first-order valence-corrected chi connectivity index (χ1v) is 6.74. The number of aliphatic hydroxyl groups is 1. The molecule has 106 valence electrons. The standard InChI is InChI=1S/C17H20O3/c1-4-15(18)13-6-8-14(9-7-13)20-16-10-5-12(2)11-17(16)19-3/h5-11,15,18H,4H2,1-3H3. The zero-order chi connectivity index (χ0) is 14.5. The van der Waals surface area contributed by atoms with Crippen molar-refractivity contribution in [1.29, 1.82) is 0 Å². The monoisotopic (exact) mass is 272 g/mol. The molecule has 2 aromatic rings. The first kappa shape index (κ1) is 14.4. The number of benzene rings is 2. The van der Waals surface area contributed by atoms with Crippen molar-refractivity contribution in [3.05, 3.63) is 53.6 Å². The number of aliphatic hydroxyl groups excluding tert-OH is 1. The zero-order valence-electron chi connectivity index (χ0n) is 12.1. The number of hydrogen-bond donors (Lipinski definition) is 1. The third-order valence-corrected chi connectivity index (χ3v) is 3.20. The van der Waals surface area contributed by atoms with E-state index in [4.69, 9.17) is 9.47 Å². The Morgan fingerprint density at radius 1 is 1.05 bits per heavy atom. The van der Waals surface area contributed by atoms with Crippen LogP contribution in [0.25, 0.3) is 0 Å². The van der Waals surface area contributed by atoms with E-state index in [2.05, 4.69) is 0 Å². The van der Waals surface area contributed by atoms with Crippen molar-refractivity contribution in [3.63, 3.8) is 0 Å². The molecule has 0 bridgehead atoms. The SMILES string of the molecule is CCC(O)c1ccc(Oc2ccc(C)cc2OC)cc1. The quantitative estimate of drug-likeness (QED) is 0.884. The summed E-state index contributed by atoms with van der Waals surface area (Å²) in [7, 11) is 1.63. The molecule has 0 spiro atoms. The predicted octanol–water partition coefficient (Wildman–Crippen LogP) is 4.24. The molecule has 1 unspecified atom stereocenters. The van der Waals surface area contributed by atoms with Gasteiger partial charge in [0.05, 0.1) is 13.2 Å². The van der Waals surface area contributed by atoms with E-state index < -0.39 is 6.10 Å². The molecule has 0 saturated carbocycles. The highest BCUT2D eigenvalue weighted by atomic mass is 16.5. The lowest BCUT2D eigenvalue weighted by Gasteiger charge is -2.12. The highest BCUT2D eigenvalue weighted by Crippen LogP contribution is 2.32. The van der Waals surface area contributed by atoms with Crippen LogP contribution in [0.1, 0.15) is 30.6 Å². The Morgan fingerprint density at radius 2 is 1.75 bits per heavy atom. The van der Waals surface area contributed by atoms with Gasteiger partial charge in [-0.2, -0.15) is 0 Å². The fraction of sp³-hybridized carbons (Fsp3) is 0.294. The zero-order valence-corrected chi connectivity index (χ0v) is 12.1. The van der Waals surface area contributed by atoms with Crippen molar-refractivity contribution < 1.29 is 14.6 Å². The number of aryl methyl sites for hydroxylation is 1. The molecule has 0 aliphatic carbocycles. The van der Waals surface area contributed by atoms with Gasteiger partial charge >= 0.3 is 0 Å². The van der Waals surface area contributed by atoms with Gasteiger partial charge in [0.25, 0.3) is 0 Å². The molecule has 2 rings (SSSR count). The largest absolute Gasteiger partial charge is 0.493 e. The van der Waals surface area contributed by atoms with E-state index in [0.717, 1.165) is 16.9 Å². The molecular formula is C17H20O3. The van der Waals surface area contributed by atoms with E-state index in [-0.39, 0.29) is 0 Å². The fourth-order valence-electron chi connectivity index (χ4n) is 1.98. The Labute approximate surface area is 119 Å². The molecule has 0 amide bonds. The molecular weight excluding hydrogens is 252 g/mol. The first-order chi connectivity index (χ1) is 9.63. The van der Waals surface area contributed by atoms with Crippen LogP contribution in [0.5, 0.6) is 17.2 Å². The van der Waals surface area contributed by atoms with Crippen LogP contribution in [0.4, 0.5) is 0 Å². The van der Waals surface area contributed by atoms with Gasteiger partial charge in [-0.3, -0.25) is 0 Å². The normalized spacial score (nSPS) is 12.0. The molecule has 1 atom stereocenters.